The number of unbranched alkanes of at least 4 members (excludes halogenated alkanes) is 1. The second kappa shape index (κ2) is 12.7. The first kappa shape index (κ1) is 25.1. The maximum Gasteiger partial charge on any atom is 0.303 e. The number of aliphatic carboxylic acids is 1. The number of nitrogens with one attached hydrogen (secondary N) is 1. The zero-order valence-corrected chi connectivity index (χ0v) is 20.1. The van der Waals surface area contributed by atoms with Crippen molar-refractivity contribution < 1.29 is 14.7 Å². The lowest BCUT2D eigenvalue weighted by atomic mass is 9.77. The summed E-state index contributed by atoms with van der Waals surface area (Å²) in [6.45, 7) is 8.32. The number of amides is 1. The van der Waals surface area contributed by atoms with E-state index in [1.165, 1.54) is 12.0 Å². The monoisotopic (exact) mass is 443 g/mol. The van der Waals surface area contributed by atoms with Crippen LogP contribution in [0.15, 0.2) is 35.7 Å². The highest BCUT2D eigenvalue weighted by atomic mass is 32.1. The Hall–Kier alpha value is -2.14. The number of carbonyl (C=O) groups is 2. The predicted molar refractivity (Wildman–Crippen MR) is 131 cm³/mol. The summed E-state index contributed by atoms with van der Waals surface area (Å²) >= 11 is 1.62. The number of allylic oxidation sites excluding steroid dienone is 2. The number of hydrogen-bond acceptors (Lipinski definition) is 3. The van der Waals surface area contributed by atoms with Crippen LogP contribution < -0.4 is 5.32 Å². The van der Waals surface area contributed by atoms with E-state index < -0.39 is 5.97 Å². The number of benzene rings is 1. The van der Waals surface area contributed by atoms with Gasteiger partial charge in [0.15, 0.2) is 0 Å². The fourth-order valence-corrected chi connectivity index (χ4v) is 5.15. The van der Waals surface area contributed by atoms with Crippen molar-refractivity contribution in [3.63, 3.8) is 0 Å². The van der Waals surface area contributed by atoms with Gasteiger partial charge in [0.25, 0.3) is 5.91 Å². The number of hydrogen-bond donors (Lipinski definition) is 2. The van der Waals surface area contributed by atoms with Crippen LogP contribution in [0, 0.1) is 18.8 Å². The molecule has 0 radical (unpaired) electrons. The Kier molecular flexibility index (Phi) is 10.3. The Morgan fingerprint density at radius 2 is 2.00 bits per heavy atom. The predicted octanol–water partition coefficient (Wildman–Crippen LogP) is 6.97. The molecule has 4 nitrogen and oxygen atoms in total. The first-order valence-electron chi connectivity index (χ1n) is 11.6. The normalized spacial score (nSPS) is 21.0. The van der Waals surface area contributed by atoms with Gasteiger partial charge in [-0.1, -0.05) is 51.0 Å². The lowest BCUT2D eigenvalue weighted by molar-refractivity contribution is -0.137. The average molecular weight is 444 g/mol. The molecule has 1 aliphatic carbocycles. The van der Waals surface area contributed by atoms with E-state index in [4.69, 9.17) is 5.11 Å². The lowest BCUT2D eigenvalue weighted by Crippen LogP contribution is -2.43. The van der Waals surface area contributed by atoms with E-state index in [9.17, 15) is 9.59 Å². The largest absolute Gasteiger partial charge is 0.481 e. The molecule has 3 atom stereocenters. The van der Waals surface area contributed by atoms with Gasteiger partial charge in [0.05, 0.1) is 5.56 Å². The van der Waals surface area contributed by atoms with Crippen LogP contribution in [0.3, 0.4) is 0 Å². The Balaban J connectivity index is 0.00000166. The first-order valence-corrected chi connectivity index (χ1v) is 12.5. The smallest absolute Gasteiger partial charge is 0.303 e. The molecule has 1 aliphatic rings. The molecule has 2 N–H and O–H groups in total. The number of thiophene rings is 1. The van der Waals surface area contributed by atoms with Gasteiger partial charge < -0.3 is 10.4 Å². The lowest BCUT2D eigenvalue weighted by Gasteiger charge is -2.35. The quantitative estimate of drug-likeness (QED) is 0.342. The second-order valence-electron chi connectivity index (χ2n) is 8.40. The Labute approximate surface area is 190 Å². The van der Waals surface area contributed by atoms with Crippen LogP contribution in [0.4, 0.5) is 0 Å². The van der Waals surface area contributed by atoms with E-state index in [2.05, 4.69) is 49.5 Å². The Morgan fingerprint density at radius 3 is 2.74 bits per heavy atom. The summed E-state index contributed by atoms with van der Waals surface area (Å²) in [4.78, 5) is 23.6. The summed E-state index contributed by atoms with van der Waals surface area (Å²) in [6.07, 6.45) is 10.2. The molecule has 1 saturated carbocycles. The molecule has 31 heavy (non-hydrogen) atoms. The number of rotatable bonds is 8. The van der Waals surface area contributed by atoms with E-state index >= 15 is 0 Å². The summed E-state index contributed by atoms with van der Waals surface area (Å²) in [6, 6.07) is 6.46. The summed E-state index contributed by atoms with van der Waals surface area (Å²) in [5.74, 6) is 0.366. The van der Waals surface area contributed by atoms with Crippen LogP contribution in [0.5, 0.6) is 0 Å². The second-order valence-corrected chi connectivity index (χ2v) is 9.31. The number of carboxylic acids is 1. The highest BCUT2D eigenvalue weighted by Gasteiger charge is 2.29. The van der Waals surface area contributed by atoms with Crippen LogP contribution in [-0.2, 0) is 4.79 Å². The molecule has 1 heterocycles. The van der Waals surface area contributed by atoms with Gasteiger partial charge in [-0.25, -0.2) is 0 Å². The van der Waals surface area contributed by atoms with Gasteiger partial charge in [0, 0.05) is 27.9 Å². The molecular weight excluding hydrogens is 406 g/mol. The maximum atomic E-state index is 13.1. The SMILES string of the molecule is CC.Cc1ccc2scc(C(=O)NC3C[C@H](C)CC[C@@H]3C/C=C\CCCC(=O)O)c2c1. The van der Waals surface area contributed by atoms with Crippen molar-refractivity contribution in [3.8, 4) is 0 Å². The van der Waals surface area contributed by atoms with Crippen LogP contribution in [0.2, 0.25) is 0 Å². The van der Waals surface area contributed by atoms with E-state index in [1.54, 1.807) is 11.3 Å². The van der Waals surface area contributed by atoms with Crippen molar-refractivity contribution in [3.05, 3.63) is 46.9 Å². The van der Waals surface area contributed by atoms with Crippen molar-refractivity contribution in [2.75, 3.05) is 0 Å². The van der Waals surface area contributed by atoms with Crippen molar-refractivity contribution in [2.45, 2.75) is 78.7 Å². The highest BCUT2D eigenvalue weighted by Crippen LogP contribution is 2.32. The Morgan fingerprint density at radius 1 is 1.23 bits per heavy atom. The van der Waals surface area contributed by atoms with Gasteiger partial charge in [0.1, 0.15) is 0 Å². The number of fused-ring (bicyclic) bond motifs is 1. The topological polar surface area (TPSA) is 66.4 Å². The molecule has 1 aromatic heterocycles. The molecule has 0 spiro atoms. The minimum absolute atomic E-state index is 0.0383. The van der Waals surface area contributed by atoms with Gasteiger partial charge >= 0.3 is 5.97 Å². The molecule has 2 aromatic rings. The van der Waals surface area contributed by atoms with E-state index in [0.29, 0.717) is 18.3 Å². The third-order valence-electron chi connectivity index (χ3n) is 5.91. The summed E-state index contributed by atoms with van der Waals surface area (Å²) in [5.41, 5.74) is 1.96. The molecule has 0 saturated heterocycles. The zero-order chi connectivity index (χ0) is 22.8. The summed E-state index contributed by atoms with van der Waals surface area (Å²) < 4.78 is 1.15. The van der Waals surface area contributed by atoms with Crippen LogP contribution in [0.25, 0.3) is 10.1 Å². The molecule has 1 unspecified atom stereocenters. The molecule has 0 aliphatic heterocycles. The fourth-order valence-electron chi connectivity index (χ4n) is 4.23. The minimum atomic E-state index is -0.737. The number of carboxylic acid groups (broad SMARTS) is 1. The molecule has 0 bridgehead atoms. The Bertz CT molecular complexity index is 886. The minimum Gasteiger partial charge on any atom is -0.481 e. The van der Waals surface area contributed by atoms with E-state index in [-0.39, 0.29) is 18.4 Å². The number of aryl methyl sites for hydroxylation is 1. The molecule has 5 heteroatoms. The van der Waals surface area contributed by atoms with Gasteiger partial charge in [-0.2, -0.15) is 0 Å². The van der Waals surface area contributed by atoms with Crippen LogP contribution in [0.1, 0.15) is 81.6 Å². The molecule has 1 amide bonds. The van der Waals surface area contributed by atoms with Crippen molar-refractivity contribution in [1.82, 2.24) is 5.32 Å². The summed E-state index contributed by atoms with van der Waals surface area (Å²) in [7, 11) is 0. The van der Waals surface area contributed by atoms with Gasteiger partial charge in [-0.05, 0) is 63.0 Å². The fraction of sp³-hybridized carbons (Fsp3) is 0.538. The van der Waals surface area contributed by atoms with Gasteiger partial charge in [0.2, 0.25) is 0 Å². The highest BCUT2D eigenvalue weighted by molar-refractivity contribution is 7.17. The number of carbonyl (C=O) groups excluding carboxylic acids is 1. The standard InChI is InChI=1S/C24H31NO3S.C2H6/c1-16-10-12-22-19(13-16)20(15-29-22)24(28)25-21-14-17(2)9-11-18(21)7-5-3-4-6-8-23(26)27;1-2/h3,5,10,12-13,15,17-18,21H,4,6-9,11,14H2,1-2H3,(H,25,28)(H,26,27);1-2H3/b5-3-;/t17-,18+,21?;/m1./s1. The van der Waals surface area contributed by atoms with Gasteiger partial charge in [-0.3, -0.25) is 9.59 Å². The zero-order valence-electron chi connectivity index (χ0n) is 19.3. The summed E-state index contributed by atoms with van der Waals surface area (Å²) in [5, 5.41) is 15.1. The van der Waals surface area contributed by atoms with Crippen molar-refractivity contribution >= 4 is 33.3 Å². The van der Waals surface area contributed by atoms with Gasteiger partial charge in [-0.15, -0.1) is 11.3 Å². The van der Waals surface area contributed by atoms with E-state index in [1.807, 2.05) is 19.2 Å². The molecule has 170 valence electrons. The van der Waals surface area contributed by atoms with Crippen LogP contribution in [-0.4, -0.2) is 23.0 Å². The molecule has 1 fully saturated rings. The van der Waals surface area contributed by atoms with Crippen molar-refractivity contribution in [1.29, 1.82) is 0 Å². The average Bonchev–Trinajstić information content (AvgIpc) is 3.16. The first-order chi connectivity index (χ1) is 14.9. The maximum absolute atomic E-state index is 13.1. The third-order valence-corrected chi connectivity index (χ3v) is 6.88. The third kappa shape index (κ3) is 7.49. The molecule has 1 aromatic carbocycles. The van der Waals surface area contributed by atoms with E-state index in [0.717, 1.165) is 41.3 Å². The molecular formula is C26H37NO3S. The van der Waals surface area contributed by atoms with Crippen LogP contribution >= 0.6 is 11.3 Å². The molecule has 3 rings (SSSR count). The van der Waals surface area contributed by atoms with Crippen molar-refractivity contribution in [2.24, 2.45) is 11.8 Å².